The second-order valence-corrected chi connectivity index (χ2v) is 8.61. The molecule has 1 aliphatic rings. The number of nitrogens with one attached hydrogen (secondary N) is 1. The van der Waals surface area contributed by atoms with Crippen LogP contribution in [0.25, 0.3) is 5.82 Å². The molecule has 0 spiro atoms. The van der Waals surface area contributed by atoms with Crippen molar-refractivity contribution in [1.29, 1.82) is 0 Å². The average molecular weight is 392 g/mol. The van der Waals surface area contributed by atoms with Crippen molar-refractivity contribution in [3.8, 4) is 5.82 Å². The van der Waals surface area contributed by atoms with Crippen LogP contribution in [-0.2, 0) is 11.3 Å². The Bertz CT molecular complexity index is 830. The molecule has 2 aromatic heterocycles. The van der Waals surface area contributed by atoms with Gasteiger partial charge in [-0.15, -0.1) is 0 Å². The highest BCUT2D eigenvalue weighted by Crippen LogP contribution is 2.28. The van der Waals surface area contributed by atoms with E-state index in [1.807, 2.05) is 46.8 Å². The summed E-state index contributed by atoms with van der Waals surface area (Å²) in [5, 5.41) is 7.76. The van der Waals surface area contributed by atoms with Gasteiger partial charge >= 0.3 is 6.03 Å². The first kappa shape index (κ1) is 19.6. The van der Waals surface area contributed by atoms with Crippen molar-refractivity contribution in [2.45, 2.75) is 52.4 Å². The second-order valence-electron chi connectivity index (χ2n) is 8.17. The summed E-state index contributed by atoms with van der Waals surface area (Å²) in [6.07, 6.45) is 3.26. The number of morpholine rings is 1. The first-order valence-electron chi connectivity index (χ1n) is 8.95. The van der Waals surface area contributed by atoms with Crippen molar-refractivity contribution in [2.24, 2.45) is 0 Å². The molecule has 0 bridgehead atoms. The van der Waals surface area contributed by atoms with E-state index in [0.29, 0.717) is 30.5 Å². The summed E-state index contributed by atoms with van der Waals surface area (Å²) in [4.78, 5) is 19.1. The lowest BCUT2D eigenvalue weighted by Crippen LogP contribution is -2.60. The van der Waals surface area contributed by atoms with E-state index < -0.39 is 0 Å². The minimum Gasteiger partial charge on any atom is -0.366 e. The first-order valence-corrected chi connectivity index (χ1v) is 9.32. The van der Waals surface area contributed by atoms with Gasteiger partial charge in [0, 0.05) is 17.8 Å². The Balaban J connectivity index is 1.74. The Morgan fingerprint density at radius 2 is 1.93 bits per heavy atom. The summed E-state index contributed by atoms with van der Waals surface area (Å²) in [6, 6.07) is 3.74. The lowest BCUT2D eigenvalue weighted by atomic mass is 9.99. The molecule has 1 fully saturated rings. The van der Waals surface area contributed by atoms with Crippen LogP contribution in [0.1, 0.15) is 39.0 Å². The lowest BCUT2D eigenvalue weighted by molar-refractivity contribution is -0.170. The fourth-order valence-corrected chi connectivity index (χ4v) is 3.67. The monoisotopic (exact) mass is 391 g/mol. The number of hydrogen-bond acceptors (Lipinski definition) is 4. The molecule has 3 rings (SSSR count). The van der Waals surface area contributed by atoms with Gasteiger partial charge in [0.1, 0.15) is 0 Å². The predicted octanol–water partition coefficient (Wildman–Crippen LogP) is 3.33. The summed E-state index contributed by atoms with van der Waals surface area (Å²) >= 11 is 5.99. The Labute approximate surface area is 164 Å². The summed E-state index contributed by atoms with van der Waals surface area (Å²) in [7, 11) is 0. The van der Waals surface area contributed by atoms with Crippen molar-refractivity contribution >= 4 is 17.6 Å². The number of aromatic nitrogens is 3. The zero-order valence-electron chi connectivity index (χ0n) is 16.4. The summed E-state index contributed by atoms with van der Waals surface area (Å²) in [5.41, 5.74) is 0.951. The molecule has 0 aromatic carbocycles. The van der Waals surface area contributed by atoms with Crippen LogP contribution in [0.3, 0.4) is 0 Å². The lowest BCUT2D eigenvalue weighted by Gasteiger charge is -2.47. The van der Waals surface area contributed by atoms with E-state index in [4.69, 9.17) is 16.3 Å². The van der Waals surface area contributed by atoms with Crippen molar-refractivity contribution in [2.75, 3.05) is 13.1 Å². The minimum absolute atomic E-state index is 0.121. The molecule has 146 valence electrons. The predicted molar refractivity (Wildman–Crippen MR) is 104 cm³/mol. The van der Waals surface area contributed by atoms with E-state index in [9.17, 15) is 4.79 Å². The molecule has 1 aliphatic heterocycles. The number of aryl methyl sites for hydroxylation is 1. The maximum absolute atomic E-state index is 12.8. The van der Waals surface area contributed by atoms with Crippen LogP contribution in [0.5, 0.6) is 0 Å². The molecule has 0 saturated carbocycles. The molecule has 8 heteroatoms. The van der Waals surface area contributed by atoms with E-state index in [1.165, 1.54) is 0 Å². The largest absolute Gasteiger partial charge is 0.366 e. The molecule has 0 radical (unpaired) electrons. The molecule has 27 heavy (non-hydrogen) atoms. The smallest absolute Gasteiger partial charge is 0.317 e. The second kappa shape index (κ2) is 7.13. The SMILES string of the molecule is Cc1ccc(CNC(=O)N2CC(C)(C)OC(C)(C)C2)c(-n2cc(Cl)cn2)n1. The number of halogens is 1. The van der Waals surface area contributed by atoms with Gasteiger partial charge in [-0.05, 0) is 40.7 Å². The molecule has 2 aromatic rings. The molecule has 0 atom stereocenters. The molecule has 0 unspecified atom stereocenters. The zero-order valence-corrected chi connectivity index (χ0v) is 17.2. The molecular formula is C19H26ClN5O2. The zero-order chi connectivity index (χ0) is 19.8. The van der Waals surface area contributed by atoms with Gasteiger partial charge in [-0.2, -0.15) is 5.10 Å². The third kappa shape index (κ3) is 4.78. The van der Waals surface area contributed by atoms with Gasteiger partial charge in [-0.3, -0.25) is 0 Å². The van der Waals surface area contributed by atoms with Crippen LogP contribution in [0.4, 0.5) is 4.79 Å². The number of carbonyl (C=O) groups is 1. The third-order valence-electron chi connectivity index (χ3n) is 4.28. The number of hydrogen-bond donors (Lipinski definition) is 1. The molecule has 7 nitrogen and oxygen atoms in total. The maximum atomic E-state index is 12.8. The van der Waals surface area contributed by atoms with Crippen LogP contribution in [0, 0.1) is 6.92 Å². The summed E-state index contributed by atoms with van der Waals surface area (Å²) < 4.78 is 7.66. The Kier molecular flexibility index (Phi) is 5.18. The normalized spacial score (nSPS) is 18.4. The summed E-state index contributed by atoms with van der Waals surface area (Å²) in [5.74, 6) is 0.657. The van der Waals surface area contributed by atoms with E-state index in [2.05, 4.69) is 15.4 Å². The van der Waals surface area contributed by atoms with Gasteiger partial charge in [0.05, 0.1) is 41.7 Å². The van der Waals surface area contributed by atoms with Crippen molar-refractivity contribution in [1.82, 2.24) is 25.0 Å². The molecule has 2 amide bonds. The van der Waals surface area contributed by atoms with E-state index in [1.54, 1.807) is 22.0 Å². The number of rotatable bonds is 3. The van der Waals surface area contributed by atoms with Crippen LogP contribution in [0.15, 0.2) is 24.5 Å². The number of ether oxygens (including phenoxy) is 1. The third-order valence-corrected chi connectivity index (χ3v) is 4.47. The van der Waals surface area contributed by atoms with Crippen LogP contribution in [0.2, 0.25) is 5.02 Å². The fourth-order valence-electron chi connectivity index (χ4n) is 3.54. The fraction of sp³-hybridized carbons (Fsp3) is 0.526. The number of urea groups is 1. The molecule has 0 aliphatic carbocycles. The molecule has 1 N–H and O–H groups in total. The van der Waals surface area contributed by atoms with Crippen molar-refractivity contribution in [3.05, 3.63) is 40.8 Å². The van der Waals surface area contributed by atoms with Crippen molar-refractivity contribution < 1.29 is 9.53 Å². The Morgan fingerprint density at radius 3 is 2.52 bits per heavy atom. The Hall–Kier alpha value is -2.12. The minimum atomic E-state index is -0.387. The standard InChI is InChI=1S/C19H26ClN5O2/c1-13-6-7-14(16(23-13)25-10-15(20)9-22-25)8-21-17(26)24-11-18(2,3)27-19(4,5)12-24/h6-7,9-10H,8,11-12H2,1-5H3,(H,21,26). The maximum Gasteiger partial charge on any atom is 0.317 e. The van der Waals surface area contributed by atoms with Gasteiger partial charge in [0.2, 0.25) is 0 Å². The van der Waals surface area contributed by atoms with Crippen molar-refractivity contribution in [3.63, 3.8) is 0 Å². The average Bonchev–Trinajstić information content (AvgIpc) is 2.96. The molecular weight excluding hydrogens is 366 g/mol. The summed E-state index contributed by atoms with van der Waals surface area (Å²) in [6.45, 7) is 11.3. The topological polar surface area (TPSA) is 72.3 Å². The number of nitrogens with zero attached hydrogens (tertiary/aromatic N) is 4. The molecule has 1 saturated heterocycles. The Morgan fingerprint density at radius 1 is 1.26 bits per heavy atom. The van der Waals surface area contributed by atoms with Gasteiger partial charge in [-0.1, -0.05) is 17.7 Å². The first-order chi connectivity index (χ1) is 12.5. The van der Waals surface area contributed by atoms with Crippen LogP contribution >= 0.6 is 11.6 Å². The quantitative estimate of drug-likeness (QED) is 0.871. The van der Waals surface area contributed by atoms with Crippen LogP contribution in [-0.4, -0.2) is 50.0 Å². The number of amides is 2. The van der Waals surface area contributed by atoms with Gasteiger partial charge in [0.25, 0.3) is 0 Å². The highest BCUT2D eigenvalue weighted by atomic mass is 35.5. The molecule has 3 heterocycles. The highest BCUT2D eigenvalue weighted by molar-refractivity contribution is 6.30. The van der Waals surface area contributed by atoms with Gasteiger partial charge in [-0.25, -0.2) is 14.5 Å². The number of carbonyl (C=O) groups excluding carboxylic acids is 1. The van der Waals surface area contributed by atoms with Gasteiger partial charge in [0.15, 0.2) is 5.82 Å². The highest BCUT2D eigenvalue weighted by Gasteiger charge is 2.39. The van der Waals surface area contributed by atoms with E-state index in [-0.39, 0.29) is 17.2 Å². The van der Waals surface area contributed by atoms with E-state index >= 15 is 0 Å². The van der Waals surface area contributed by atoms with Gasteiger partial charge < -0.3 is 15.0 Å². The van der Waals surface area contributed by atoms with E-state index in [0.717, 1.165) is 11.3 Å². The van der Waals surface area contributed by atoms with Crippen LogP contribution < -0.4 is 5.32 Å². The number of pyridine rings is 1.